The molecule has 0 spiro atoms. The third kappa shape index (κ3) is 9.98. The van der Waals surface area contributed by atoms with E-state index in [0.717, 1.165) is 46.3 Å². The molecule has 0 radical (unpaired) electrons. The molecule has 3 rings (SSSR count). The van der Waals surface area contributed by atoms with E-state index in [1.54, 1.807) is 12.1 Å². The number of quaternary nitrogens is 1. The van der Waals surface area contributed by atoms with Crippen LogP contribution in [0, 0.1) is 6.92 Å². The summed E-state index contributed by atoms with van der Waals surface area (Å²) in [7, 11) is 2.60. The van der Waals surface area contributed by atoms with E-state index in [0.29, 0.717) is 0 Å². The lowest BCUT2D eigenvalue weighted by atomic mass is 9.99. The highest BCUT2D eigenvalue weighted by molar-refractivity contribution is 7.85. The minimum atomic E-state index is -4.02. The first-order valence-corrected chi connectivity index (χ1v) is 12.3. The number of benzene rings is 3. The summed E-state index contributed by atoms with van der Waals surface area (Å²) >= 11 is 0. The van der Waals surface area contributed by atoms with Gasteiger partial charge in [0.25, 0.3) is 10.1 Å². The highest BCUT2D eigenvalue weighted by atomic mass is 32.2. The molecule has 0 aliphatic heterocycles. The summed E-state index contributed by atoms with van der Waals surface area (Å²) in [6.45, 7) is 3.78. The molecule has 0 unspecified atom stereocenters. The van der Waals surface area contributed by atoms with Crippen molar-refractivity contribution in [2.75, 3.05) is 34.2 Å². The van der Waals surface area contributed by atoms with E-state index in [1.807, 2.05) is 19.1 Å². The third-order valence-electron chi connectivity index (χ3n) is 4.73. The maximum atomic E-state index is 10.5. The van der Waals surface area contributed by atoms with Crippen LogP contribution in [0.15, 0.2) is 94.8 Å². The van der Waals surface area contributed by atoms with Gasteiger partial charge in [-0.1, -0.05) is 78.4 Å². The molecular formula is C27H33N2O3S+. The molecule has 0 heterocycles. The normalized spacial score (nSPS) is 11.1. The first kappa shape index (κ1) is 26.2. The lowest BCUT2D eigenvalue weighted by Crippen LogP contribution is -2.35. The summed E-state index contributed by atoms with van der Waals surface area (Å²) < 4.78 is 30.5. The van der Waals surface area contributed by atoms with E-state index in [-0.39, 0.29) is 4.90 Å². The average molecular weight is 466 g/mol. The van der Waals surface area contributed by atoms with Gasteiger partial charge in [0.1, 0.15) is 0 Å². The van der Waals surface area contributed by atoms with Gasteiger partial charge in [0.2, 0.25) is 0 Å². The van der Waals surface area contributed by atoms with Crippen molar-refractivity contribution in [2.45, 2.75) is 18.2 Å². The Morgan fingerprint density at radius 3 is 1.76 bits per heavy atom. The van der Waals surface area contributed by atoms with Gasteiger partial charge in [-0.2, -0.15) is 8.42 Å². The van der Waals surface area contributed by atoms with E-state index in [4.69, 9.17) is 4.55 Å². The van der Waals surface area contributed by atoms with Crippen LogP contribution < -0.4 is 0 Å². The Morgan fingerprint density at radius 1 is 0.848 bits per heavy atom. The molecule has 174 valence electrons. The lowest BCUT2D eigenvalue weighted by molar-refractivity contribution is -0.870. The molecule has 3 aromatic carbocycles. The average Bonchev–Trinajstić information content (AvgIpc) is 2.77. The molecule has 0 amide bonds. The molecule has 33 heavy (non-hydrogen) atoms. The molecule has 0 fully saturated rings. The zero-order valence-corrected chi connectivity index (χ0v) is 20.6. The molecule has 3 aromatic rings. The number of rotatable bonds is 7. The quantitative estimate of drug-likeness (QED) is 0.228. The van der Waals surface area contributed by atoms with Crippen LogP contribution in [0.25, 0.3) is 5.57 Å². The van der Waals surface area contributed by atoms with Crippen molar-refractivity contribution >= 4 is 21.6 Å². The zero-order valence-electron chi connectivity index (χ0n) is 19.8. The summed E-state index contributed by atoms with van der Waals surface area (Å²) in [4.78, 5) is 4.46. The van der Waals surface area contributed by atoms with E-state index in [9.17, 15) is 8.42 Å². The smallest absolute Gasteiger partial charge is 0.294 e. The van der Waals surface area contributed by atoms with Crippen LogP contribution in [0.5, 0.6) is 0 Å². The Labute approximate surface area is 198 Å². The van der Waals surface area contributed by atoms with Gasteiger partial charge < -0.3 is 4.48 Å². The van der Waals surface area contributed by atoms with Crippen molar-refractivity contribution < 1.29 is 17.5 Å². The molecule has 5 nitrogen and oxygen atoms in total. The van der Waals surface area contributed by atoms with Gasteiger partial charge in [0, 0.05) is 6.42 Å². The monoisotopic (exact) mass is 465 g/mol. The number of aliphatic imine (C=N–C) groups is 1. The number of aryl methyl sites for hydroxylation is 1. The van der Waals surface area contributed by atoms with Gasteiger partial charge in [0.05, 0.1) is 44.7 Å². The molecule has 0 aromatic heterocycles. The topological polar surface area (TPSA) is 66.7 Å². The van der Waals surface area contributed by atoms with Crippen LogP contribution in [0.1, 0.15) is 23.1 Å². The SMILES string of the molecule is C[N+](C)(C)CCCN=C=C(c1ccccc1)c1ccccc1.Cc1ccc(S(=O)(=O)O)cc1. The Balaban J connectivity index is 0.000000294. The number of hydrogen-bond acceptors (Lipinski definition) is 3. The van der Waals surface area contributed by atoms with Crippen LogP contribution in [0.2, 0.25) is 0 Å². The first-order valence-electron chi connectivity index (χ1n) is 10.8. The van der Waals surface area contributed by atoms with Gasteiger partial charge in [-0.15, -0.1) is 0 Å². The van der Waals surface area contributed by atoms with E-state index < -0.39 is 10.1 Å². The van der Waals surface area contributed by atoms with E-state index >= 15 is 0 Å². The summed E-state index contributed by atoms with van der Waals surface area (Å²) in [6.07, 6.45) is 1.08. The Kier molecular flexibility index (Phi) is 9.76. The molecule has 0 bridgehead atoms. The maximum absolute atomic E-state index is 10.5. The van der Waals surface area contributed by atoms with Gasteiger partial charge >= 0.3 is 0 Å². The van der Waals surface area contributed by atoms with Crippen molar-refractivity contribution in [3.63, 3.8) is 0 Å². The number of hydrogen-bond donors (Lipinski definition) is 1. The van der Waals surface area contributed by atoms with Crippen molar-refractivity contribution in [2.24, 2.45) is 4.99 Å². The molecule has 0 aliphatic rings. The van der Waals surface area contributed by atoms with Gasteiger partial charge in [-0.05, 0) is 36.1 Å². The van der Waals surface area contributed by atoms with Crippen LogP contribution in [0.4, 0.5) is 0 Å². The fraction of sp³-hybridized carbons (Fsp3) is 0.259. The standard InChI is InChI=1S/C20H25N2.C7H8O3S/c1-22(2,3)16-10-15-21-17-20(18-11-6-4-7-12-18)19-13-8-5-9-14-19;1-6-2-4-7(5-3-6)11(8,9)10/h4-9,11-14H,10,15-16H2,1-3H3;2-5H,1H3,(H,8,9,10)/q+1;. The molecule has 0 aliphatic carbocycles. The van der Waals surface area contributed by atoms with Gasteiger partial charge in [-0.25, -0.2) is 4.99 Å². The second kappa shape index (κ2) is 12.3. The van der Waals surface area contributed by atoms with Gasteiger partial charge in [-0.3, -0.25) is 4.55 Å². The predicted molar refractivity (Wildman–Crippen MR) is 136 cm³/mol. The second-order valence-corrected chi connectivity index (χ2v) is 10.2. The molecule has 0 atom stereocenters. The summed E-state index contributed by atoms with van der Waals surface area (Å²) in [5.74, 6) is 3.27. The van der Waals surface area contributed by atoms with E-state index in [2.05, 4.69) is 80.5 Å². The van der Waals surface area contributed by atoms with Gasteiger partial charge in [0.15, 0.2) is 0 Å². The molecular weight excluding hydrogens is 432 g/mol. The molecule has 0 saturated carbocycles. The van der Waals surface area contributed by atoms with Crippen molar-refractivity contribution in [3.05, 3.63) is 102 Å². The lowest BCUT2D eigenvalue weighted by Gasteiger charge is -2.23. The highest BCUT2D eigenvalue weighted by Crippen LogP contribution is 2.20. The van der Waals surface area contributed by atoms with Crippen LogP contribution in [0.3, 0.4) is 0 Å². The molecule has 1 N–H and O–H groups in total. The molecule has 6 heteroatoms. The first-order chi connectivity index (χ1) is 15.6. The minimum absolute atomic E-state index is 0.0666. The Bertz CT molecular complexity index is 1120. The second-order valence-electron chi connectivity index (χ2n) is 8.76. The third-order valence-corrected chi connectivity index (χ3v) is 5.60. The van der Waals surface area contributed by atoms with E-state index in [1.165, 1.54) is 12.1 Å². The van der Waals surface area contributed by atoms with Crippen LogP contribution in [-0.2, 0) is 10.1 Å². The summed E-state index contributed by atoms with van der Waals surface area (Å²) in [5, 5.41) is 0. The largest absolute Gasteiger partial charge is 0.331 e. The van der Waals surface area contributed by atoms with Crippen LogP contribution in [-0.4, -0.2) is 57.6 Å². The maximum Gasteiger partial charge on any atom is 0.294 e. The highest BCUT2D eigenvalue weighted by Gasteiger charge is 2.07. The fourth-order valence-corrected chi connectivity index (χ4v) is 3.45. The Hall–Kier alpha value is -3.02. The zero-order chi connectivity index (χ0) is 24.3. The van der Waals surface area contributed by atoms with Crippen molar-refractivity contribution in [3.8, 4) is 0 Å². The van der Waals surface area contributed by atoms with Crippen LogP contribution >= 0.6 is 0 Å². The fourth-order valence-electron chi connectivity index (χ4n) is 2.97. The number of nitrogens with zero attached hydrogens (tertiary/aromatic N) is 2. The van der Waals surface area contributed by atoms with Crippen molar-refractivity contribution in [1.82, 2.24) is 0 Å². The van der Waals surface area contributed by atoms with Crippen molar-refractivity contribution in [1.29, 1.82) is 0 Å². The minimum Gasteiger partial charge on any atom is -0.331 e. The predicted octanol–water partition coefficient (Wildman–Crippen LogP) is 5.13. The summed E-state index contributed by atoms with van der Waals surface area (Å²) in [6, 6.07) is 26.7. The molecule has 0 saturated heterocycles. The Morgan fingerprint density at radius 2 is 1.33 bits per heavy atom. The summed E-state index contributed by atoms with van der Waals surface area (Å²) in [5.41, 5.74) is 4.33.